The van der Waals surface area contributed by atoms with Gasteiger partial charge in [-0.05, 0) is 38.0 Å². The van der Waals surface area contributed by atoms with Crippen molar-refractivity contribution < 1.29 is 9.18 Å². The molecule has 166 valence electrons. The van der Waals surface area contributed by atoms with Crippen LogP contribution in [0.4, 0.5) is 16.0 Å². The molecule has 0 aliphatic carbocycles. The van der Waals surface area contributed by atoms with Crippen LogP contribution in [0, 0.1) is 18.7 Å². The molecule has 1 aromatic carbocycles. The Morgan fingerprint density at radius 2 is 1.94 bits per heavy atom. The summed E-state index contributed by atoms with van der Waals surface area (Å²) in [7, 11) is 0. The van der Waals surface area contributed by atoms with Crippen molar-refractivity contribution in [3.8, 4) is 0 Å². The summed E-state index contributed by atoms with van der Waals surface area (Å²) in [5.74, 6) is 0.629. The number of aromatic nitrogens is 2. The lowest BCUT2D eigenvalue weighted by Crippen LogP contribution is -2.49. The van der Waals surface area contributed by atoms with E-state index < -0.39 is 0 Å². The van der Waals surface area contributed by atoms with Gasteiger partial charge in [0.25, 0.3) is 0 Å². The van der Waals surface area contributed by atoms with Crippen LogP contribution in [-0.4, -0.2) is 73.1 Å². The molecule has 2 fully saturated rings. The molecule has 0 radical (unpaired) electrons. The predicted octanol–water partition coefficient (Wildman–Crippen LogP) is 2.08. The number of rotatable bonds is 6. The van der Waals surface area contributed by atoms with Gasteiger partial charge in [0.15, 0.2) is 0 Å². The SMILES string of the molecule is Cc1ccnc(N2CCC[C@@H](C(=O)NCCN3CCN(c4ccccc4F)CC3)C2)n1. The second-order valence-corrected chi connectivity index (χ2v) is 8.35. The van der Waals surface area contributed by atoms with Crippen LogP contribution < -0.4 is 15.1 Å². The number of nitrogens with one attached hydrogen (secondary N) is 1. The standard InChI is InChI=1S/C23H31FN6O/c1-18-8-9-26-23(27-18)30-11-4-5-19(17-30)22(31)25-10-12-28-13-15-29(16-14-28)21-7-3-2-6-20(21)24/h2-3,6-9,19H,4-5,10-17H2,1H3,(H,25,31)/t19-/m1/s1. The summed E-state index contributed by atoms with van der Waals surface area (Å²) in [5.41, 5.74) is 1.61. The monoisotopic (exact) mass is 426 g/mol. The number of amides is 1. The third-order valence-corrected chi connectivity index (χ3v) is 6.15. The molecule has 4 rings (SSSR count). The number of hydrogen-bond donors (Lipinski definition) is 1. The summed E-state index contributed by atoms with van der Waals surface area (Å²) < 4.78 is 14.0. The molecule has 0 spiro atoms. The topological polar surface area (TPSA) is 64.6 Å². The molecule has 31 heavy (non-hydrogen) atoms. The molecular weight excluding hydrogens is 395 g/mol. The molecule has 1 N–H and O–H groups in total. The van der Waals surface area contributed by atoms with Gasteiger partial charge in [0.05, 0.1) is 11.6 Å². The number of hydrogen-bond acceptors (Lipinski definition) is 6. The number of carbonyl (C=O) groups is 1. The Balaban J connectivity index is 1.20. The maximum Gasteiger partial charge on any atom is 0.225 e. The first-order chi connectivity index (χ1) is 15.1. The van der Waals surface area contributed by atoms with Crippen LogP contribution in [0.1, 0.15) is 18.5 Å². The lowest BCUT2D eigenvalue weighted by atomic mass is 9.97. The van der Waals surface area contributed by atoms with Gasteiger partial charge in [-0.25, -0.2) is 14.4 Å². The fraction of sp³-hybridized carbons (Fsp3) is 0.522. The minimum atomic E-state index is -0.166. The van der Waals surface area contributed by atoms with E-state index in [0.717, 1.165) is 57.8 Å². The predicted molar refractivity (Wildman–Crippen MR) is 120 cm³/mol. The van der Waals surface area contributed by atoms with E-state index in [2.05, 4.69) is 30.0 Å². The zero-order valence-corrected chi connectivity index (χ0v) is 18.1. The molecule has 0 bridgehead atoms. The van der Waals surface area contributed by atoms with Crippen molar-refractivity contribution in [1.29, 1.82) is 0 Å². The fourth-order valence-corrected chi connectivity index (χ4v) is 4.36. The van der Waals surface area contributed by atoms with Gasteiger partial charge in [0.2, 0.25) is 11.9 Å². The van der Waals surface area contributed by atoms with Crippen molar-refractivity contribution >= 4 is 17.5 Å². The Hall–Kier alpha value is -2.74. The van der Waals surface area contributed by atoms with Gasteiger partial charge < -0.3 is 15.1 Å². The maximum atomic E-state index is 14.0. The van der Waals surface area contributed by atoms with E-state index in [1.807, 2.05) is 25.1 Å². The van der Waals surface area contributed by atoms with Gasteiger partial charge in [-0.2, -0.15) is 0 Å². The quantitative estimate of drug-likeness (QED) is 0.763. The van der Waals surface area contributed by atoms with Crippen molar-refractivity contribution in [2.24, 2.45) is 5.92 Å². The molecule has 8 heteroatoms. The summed E-state index contributed by atoms with van der Waals surface area (Å²) >= 11 is 0. The van der Waals surface area contributed by atoms with Gasteiger partial charge >= 0.3 is 0 Å². The molecule has 3 heterocycles. The van der Waals surface area contributed by atoms with Crippen molar-refractivity contribution in [3.05, 3.63) is 48.0 Å². The van der Waals surface area contributed by atoms with Gasteiger partial charge in [-0.1, -0.05) is 12.1 Å². The van der Waals surface area contributed by atoms with Gasteiger partial charge in [0.1, 0.15) is 5.82 Å². The van der Waals surface area contributed by atoms with Crippen LogP contribution in [0.5, 0.6) is 0 Å². The first kappa shape index (κ1) is 21.5. The second kappa shape index (κ2) is 10.0. The largest absolute Gasteiger partial charge is 0.367 e. The molecule has 0 unspecified atom stereocenters. The maximum absolute atomic E-state index is 14.0. The highest BCUT2D eigenvalue weighted by Gasteiger charge is 2.27. The van der Waals surface area contributed by atoms with Gasteiger partial charge in [-0.15, -0.1) is 0 Å². The highest BCUT2D eigenvalue weighted by atomic mass is 19.1. The van der Waals surface area contributed by atoms with E-state index in [9.17, 15) is 9.18 Å². The minimum absolute atomic E-state index is 0.0317. The van der Waals surface area contributed by atoms with Crippen molar-refractivity contribution in [1.82, 2.24) is 20.2 Å². The highest BCUT2D eigenvalue weighted by Crippen LogP contribution is 2.21. The third kappa shape index (κ3) is 5.50. The van der Waals surface area contributed by atoms with E-state index >= 15 is 0 Å². The van der Waals surface area contributed by atoms with E-state index in [1.54, 1.807) is 12.3 Å². The van der Waals surface area contributed by atoms with Crippen molar-refractivity contribution in [2.45, 2.75) is 19.8 Å². The molecule has 2 aliphatic rings. The molecule has 1 atom stereocenters. The number of piperazine rings is 1. The average molecular weight is 427 g/mol. The number of benzene rings is 1. The Morgan fingerprint density at radius 1 is 1.13 bits per heavy atom. The number of halogens is 1. The summed E-state index contributed by atoms with van der Waals surface area (Å²) in [6.45, 7) is 8.28. The van der Waals surface area contributed by atoms with Gasteiger partial charge in [0, 0.05) is 64.2 Å². The molecule has 0 saturated carbocycles. The molecule has 1 aromatic heterocycles. The lowest BCUT2D eigenvalue weighted by Gasteiger charge is -2.36. The van der Waals surface area contributed by atoms with Crippen LogP contribution in [0.2, 0.25) is 0 Å². The molecule has 7 nitrogen and oxygen atoms in total. The number of nitrogens with zero attached hydrogens (tertiary/aromatic N) is 5. The van der Waals surface area contributed by atoms with Crippen LogP contribution in [0.3, 0.4) is 0 Å². The molecular formula is C23H31FN6O. The number of carbonyl (C=O) groups excluding carboxylic acids is 1. The second-order valence-electron chi connectivity index (χ2n) is 8.35. The van der Waals surface area contributed by atoms with Gasteiger partial charge in [-0.3, -0.25) is 9.69 Å². The van der Waals surface area contributed by atoms with E-state index in [1.165, 1.54) is 6.07 Å². The molecule has 2 saturated heterocycles. The molecule has 2 aromatic rings. The normalized spacial score (nSPS) is 20.0. The first-order valence-electron chi connectivity index (χ1n) is 11.1. The molecule has 1 amide bonds. The van der Waals surface area contributed by atoms with Crippen LogP contribution >= 0.6 is 0 Å². The summed E-state index contributed by atoms with van der Waals surface area (Å²) in [6.07, 6.45) is 3.64. The molecule has 2 aliphatic heterocycles. The zero-order valence-electron chi connectivity index (χ0n) is 18.1. The summed E-state index contributed by atoms with van der Waals surface area (Å²) in [5, 5.41) is 3.11. The average Bonchev–Trinajstić information content (AvgIpc) is 2.80. The summed E-state index contributed by atoms with van der Waals surface area (Å²) in [6, 6.07) is 8.82. The summed E-state index contributed by atoms with van der Waals surface area (Å²) in [4.78, 5) is 28.1. The number of anilines is 2. The minimum Gasteiger partial charge on any atom is -0.367 e. The lowest BCUT2D eigenvalue weighted by molar-refractivity contribution is -0.125. The van der Waals surface area contributed by atoms with E-state index in [0.29, 0.717) is 24.7 Å². The van der Waals surface area contributed by atoms with E-state index in [-0.39, 0.29) is 17.6 Å². The Kier molecular flexibility index (Phi) is 6.96. The Bertz CT molecular complexity index is 886. The van der Waals surface area contributed by atoms with Crippen LogP contribution in [0.25, 0.3) is 0 Å². The first-order valence-corrected chi connectivity index (χ1v) is 11.1. The van der Waals surface area contributed by atoms with Crippen molar-refractivity contribution in [3.63, 3.8) is 0 Å². The van der Waals surface area contributed by atoms with Crippen LogP contribution in [0.15, 0.2) is 36.5 Å². The van der Waals surface area contributed by atoms with Crippen LogP contribution in [-0.2, 0) is 4.79 Å². The van der Waals surface area contributed by atoms with Crippen molar-refractivity contribution in [2.75, 3.05) is 62.2 Å². The smallest absolute Gasteiger partial charge is 0.225 e. The fourth-order valence-electron chi connectivity index (χ4n) is 4.36. The zero-order chi connectivity index (χ0) is 21.6. The Morgan fingerprint density at radius 3 is 2.71 bits per heavy atom. The number of aryl methyl sites for hydroxylation is 1. The van der Waals surface area contributed by atoms with E-state index in [4.69, 9.17) is 0 Å². The number of piperidine rings is 1. The Labute approximate surface area is 183 Å². The third-order valence-electron chi connectivity index (χ3n) is 6.15. The highest BCUT2D eigenvalue weighted by molar-refractivity contribution is 5.79. The number of para-hydroxylation sites is 1.